The molecular weight excluding hydrogens is 430 g/mol. The molecule has 0 radical (unpaired) electrons. The number of hydrogen-bond donors (Lipinski definition) is 1. The molecule has 0 aromatic heterocycles. The van der Waals surface area contributed by atoms with Crippen LogP contribution in [0.3, 0.4) is 0 Å². The zero-order valence-electron chi connectivity index (χ0n) is 17.9. The van der Waals surface area contributed by atoms with Gasteiger partial charge in [0, 0.05) is 47.8 Å². The standard InChI is InChI=1S/C25H26ClNO5/c1-2-13-32-21-10-9-15(14-16(21)26)23-24-17(5-3-7-19(24)28)27(12-11-22(30)31)18-6-4-8-20(29)25(18)23/h2,9-10,14,23H,1,3-8,11-13H2,(H,30,31). The predicted molar refractivity (Wildman–Crippen MR) is 121 cm³/mol. The van der Waals surface area contributed by atoms with Gasteiger partial charge in [0.1, 0.15) is 12.4 Å². The molecule has 1 N–H and O–H groups in total. The fraction of sp³-hybridized carbons (Fsp3) is 0.400. The summed E-state index contributed by atoms with van der Waals surface area (Å²) in [6.07, 6.45) is 5.25. The number of carbonyl (C=O) groups excluding carboxylic acids is 2. The second kappa shape index (κ2) is 9.33. The van der Waals surface area contributed by atoms with Crippen molar-refractivity contribution in [2.24, 2.45) is 0 Å². The maximum Gasteiger partial charge on any atom is 0.305 e. The highest BCUT2D eigenvalue weighted by atomic mass is 35.5. The number of ketones is 2. The van der Waals surface area contributed by atoms with Gasteiger partial charge in [-0.1, -0.05) is 30.3 Å². The normalized spacial score (nSPS) is 19.1. The topological polar surface area (TPSA) is 83.9 Å². The van der Waals surface area contributed by atoms with Gasteiger partial charge < -0.3 is 14.7 Å². The quantitative estimate of drug-likeness (QED) is 0.595. The van der Waals surface area contributed by atoms with Gasteiger partial charge >= 0.3 is 5.97 Å². The minimum Gasteiger partial charge on any atom is -0.488 e. The maximum absolute atomic E-state index is 13.2. The molecule has 1 aromatic rings. The molecule has 6 nitrogen and oxygen atoms in total. The Bertz CT molecular complexity index is 1010. The Morgan fingerprint density at radius 1 is 1.12 bits per heavy atom. The van der Waals surface area contributed by atoms with E-state index in [4.69, 9.17) is 16.3 Å². The monoisotopic (exact) mass is 455 g/mol. The molecule has 0 spiro atoms. The molecule has 3 aliphatic rings. The third kappa shape index (κ3) is 4.11. The van der Waals surface area contributed by atoms with Crippen molar-refractivity contribution in [3.05, 3.63) is 64.0 Å². The van der Waals surface area contributed by atoms with E-state index in [2.05, 4.69) is 6.58 Å². The van der Waals surface area contributed by atoms with Crippen LogP contribution in [0.15, 0.2) is 53.4 Å². The van der Waals surface area contributed by atoms with Crippen molar-refractivity contribution in [3.8, 4) is 5.75 Å². The molecular formula is C25H26ClNO5. The molecule has 0 saturated heterocycles. The minimum atomic E-state index is -0.900. The number of aliphatic carboxylic acids is 1. The van der Waals surface area contributed by atoms with Crippen molar-refractivity contribution < 1.29 is 24.2 Å². The van der Waals surface area contributed by atoms with Crippen LogP contribution in [0.1, 0.15) is 56.4 Å². The number of rotatable bonds is 7. The summed E-state index contributed by atoms with van der Waals surface area (Å²) in [6.45, 7) is 4.22. The maximum atomic E-state index is 13.2. The average molecular weight is 456 g/mol. The molecule has 0 saturated carbocycles. The van der Waals surface area contributed by atoms with Gasteiger partial charge in [-0.25, -0.2) is 0 Å². The van der Waals surface area contributed by atoms with Gasteiger partial charge in [0.25, 0.3) is 0 Å². The van der Waals surface area contributed by atoms with E-state index in [1.807, 2.05) is 11.0 Å². The van der Waals surface area contributed by atoms with Crippen molar-refractivity contribution in [1.82, 2.24) is 4.90 Å². The zero-order valence-corrected chi connectivity index (χ0v) is 18.6. The van der Waals surface area contributed by atoms with Crippen molar-refractivity contribution >= 4 is 29.1 Å². The first kappa shape index (κ1) is 22.3. The SMILES string of the molecule is C=CCOc1ccc(C2C3=C(CCCC3=O)N(CCC(=O)O)C3=C2C(=O)CCC3)cc1Cl. The summed E-state index contributed by atoms with van der Waals surface area (Å²) >= 11 is 6.48. The Balaban J connectivity index is 1.85. The number of carbonyl (C=O) groups is 3. The fourth-order valence-electron chi connectivity index (χ4n) is 4.99. The van der Waals surface area contributed by atoms with E-state index in [-0.39, 0.29) is 24.5 Å². The number of ether oxygens (including phenoxy) is 1. The summed E-state index contributed by atoms with van der Waals surface area (Å²) in [6, 6.07) is 5.40. The van der Waals surface area contributed by atoms with Crippen LogP contribution in [0.5, 0.6) is 5.75 Å². The number of carboxylic acid groups (broad SMARTS) is 1. The number of Topliss-reactive ketones (excluding diaryl/α,β-unsaturated/α-hetero) is 2. The summed E-state index contributed by atoms with van der Waals surface area (Å²) in [5.74, 6) is -0.827. The van der Waals surface area contributed by atoms with E-state index in [0.29, 0.717) is 54.2 Å². The van der Waals surface area contributed by atoms with Gasteiger partial charge in [0.05, 0.1) is 11.4 Å². The first-order chi connectivity index (χ1) is 15.4. The second-order valence-electron chi connectivity index (χ2n) is 8.29. The van der Waals surface area contributed by atoms with Crippen molar-refractivity contribution in [2.45, 2.75) is 50.9 Å². The highest BCUT2D eigenvalue weighted by Gasteiger charge is 2.43. The molecule has 168 valence electrons. The molecule has 0 fully saturated rings. The highest BCUT2D eigenvalue weighted by Crippen LogP contribution is 2.49. The molecule has 0 atom stereocenters. The summed E-state index contributed by atoms with van der Waals surface area (Å²) in [5.41, 5.74) is 3.75. The van der Waals surface area contributed by atoms with Crippen LogP contribution in [-0.4, -0.2) is 40.7 Å². The number of halogens is 1. The Morgan fingerprint density at radius 2 is 1.75 bits per heavy atom. The molecule has 0 bridgehead atoms. The molecule has 1 heterocycles. The van der Waals surface area contributed by atoms with Crippen molar-refractivity contribution in [3.63, 3.8) is 0 Å². The largest absolute Gasteiger partial charge is 0.488 e. The average Bonchev–Trinajstić information content (AvgIpc) is 2.76. The summed E-state index contributed by atoms with van der Waals surface area (Å²) in [4.78, 5) is 39.6. The van der Waals surface area contributed by atoms with Gasteiger partial charge in [-0.2, -0.15) is 0 Å². The van der Waals surface area contributed by atoms with E-state index in [1.165, 1.54) is 0 Å². The number of allylic oxidation sites excluding steroid dienone is 4. The first-order valence-corrected chi connectivity index (χ1v) is 11.3. The summed E-state index contributed by atoms with van der Waals surface area (Å²) in [7, 11) is 0. The molecule has 1 aliphatic heterocycles. The van der Waals surface area contributed by atoms with Gasteiger partial charge in [0.15, 0.2) is 11.6 Å². The molecule has 2 aliphatic carbocycles. The third-order valence-electron chi connectivity index (χ3n) is 6.28. The highest BCUT2D eigenvalue weighted by molar-refractivity contribution is 6.32. The van der Waals surface area contributed by atoms with Crippen LogP contribution >= 0.6 is 11.6 Å². The van der Waals surface area contributed by atoms with E-state index in [0.717, 1.165) is 29.8 Å². The predicted octanol–water partition coefficient (Wildman–Crippen LogP) is 4.79. The number of hydrogen-bond acceptors (Lipinski definition) is 5. The lowest BCUT2D eigenvalue weighted by molar-refractivity contribution is -0.137. The lowest BCUT2D eigenvalue weighted by Crippen LogP contribution is -2.39. The third-order valence-corrected chi connectivity index (χ3v) is 6.58. The molecule has 1 aromatic carbocycles. The minimum absolute atomic E-state index is 0.0182. The lowest BCUT2D eigenvalue weighted by atomic mass is 9.71. The zero-order chi connectivity index (χ0) is 22.8. The summed E-state index contributed by atoms with van der Waals surface area (Å²) < 4.78 is 5.58. The Hall–Kier alpha value is -2.86. The molecule has 0 amide bonds. The molecule has 7 heteroatoms. The van der Waals surface area contributed by atoms with Crippen LogP contribution in [0.2, 0.25) is 5.02 Å². The second-order valence-corrected chi connectivity index (χ2v) is 8.70. The number of carboxylic acids is 1. The molecule has 4 rings (SSSR count). The van der Waals surface area contributed by atoms with Gasteiger partial charge in [0.2, 0.25) is 0 Å². The van der Waals surface area contributed by atoms with E-state index < -0.39 is 11.9 Å². The fourth-order valence-corrected chi connectivity index (χ4v) is 5.23. The van der Waals surface area contributed by atoms with Crippen LogP contribution in [-0.2, 0) is 14.4 Å². The van der Waals surface area contributed by atoms with Crippen LogP contribution in [0, 0.1) is 0 Å². The van der Waals surface area contributed by atoms with E-state index in [9.17, 15) is 19.5 Å². The molecule has 0 unspecified atom stereocenters. The van der Waals surface area contributed by atoms with E-state index >= 15 is 0 Å². The van der Waals surface area contributed by atoms with Crippen LogP contribution in [0.25, 0.3) is 0 Å². The number of benzene rings is 1. The van der Waals surface area contributed by atoms with Crippen molar-refractivity contribution in [2.75, 3.05) is 13.2 Å². The smallest absolute Gasteiger partial charge is 0.305 e. The Morgan fingerprint density at radius 3 is 2.28 bits per heavy atom. The van der Waals surface area contributed by atoms with Gasteiger partial charge in [-0.3, -0.25) is 14.4 Å². The van der Waals surface area contributed by atoms with Gasteiger partial charge in [-0.15, -0.1) is 0 Å². The first-order valence-electron chi connectivity index (χ1n) is 11.0. The van der Waals surface area contributed by atoms with Gasteiger partial charge in [-0.05, 0) is 43.4 Å². The van der Waals surface area contributed by atoms with Crippen LogP contribution in [0.4, 0.5) is 0 Å². The summed E-state index contributed by atoms with van der Waals surface area (Å²) in [5, 5.41) is 9.67. The Labute approximate surface area is 192 Å². The van der Waals surface area contributed by atoms with Crippen molar-refractivity contribution in [1.29, 1.82) is 0 Å². The van der Waals surface area contributed by atoms with Crippen LogP contribution < -0.4 is 4.74 Å². The Kier molecular flexibility index (Phi) is 6.51. The lowest BCUT2D eigenvalue weighted by Gasteiger charge is -2.44. The molecule has 32 heavy (non-hydrogen) atoms. The number of nitrogens with zero attached hydrogens (tertiary/aromatic N) is 1. The van der Waals surface area contributed by atoms with E-state index in [1.54, 1.807) is 18.2 Å².